The molecule has 0 saturated carbocycles. The molecule has 2 unspecified atom stereocenters. The van der Waals surface area contributed by atoms with Crippen LogP contribution in [0.25, 0.3) is 16.8 Å². The number of pyridine rings is 1. The minimum Gasteiger partial charge on any atom is -0.443 e. The lowest BCUT2D eigenvalue weighted by Crippen LogP contribution is -2.49. The molecule has 216 valence electrons. The van der Waals surface area contributed by atoms with Crippen LogP contribution < -0.4 is 5.73 Å². The number of aryl methyl sites for hydroxylation is 1. The summed E-state index contributed by atoms with van der Waals surface area (Å²) in [5.74, 6) is -4.05. The molecule has 0 aliphatic rings. The molecule has 3 N–H and O–H groups in total. The van der Waals surface area contributed by atoms with Crippen molar-refractivity contribution in [2.45, 2.75) is 51.8 Å². The number of carbonyl (C=O) groups is 2. The summed E-state index contributed by atoms with van der Waals surface area (Å²) in [7, 11) is 0. The Balaban J connectivity index is 1.89. The van der Waals surface area contributed by atoms with Gasteiger partial charge in [0.25, 0.3) is 5.91 Å². The van der Waals surface area contributed by atoms with E-state index in [2.05, 4.69) is 10.1 Å². The van der Waals surface area contributed by atoms with Crippen molar-refractivity contribution < 1.29 is 40.8 Å². The maximum absolute atomic E-state index is 16.4. The second-order valence-electron chi connectivity index (χ2n) is 10.2. The number of amides is 2. The number of ether oxygens (including phenoxy) is 1. The van der Waals surface area contributed by atoms with Crippen molar-refractivity contribution in [3.63, 3.8) is 0 Å². The quantitative estimate of drug-likeness (QED) is 0.324. The van der Waals surface area contributed by atoms with Gasteiger partial charge in [-0.3, -0.25) is 4.79 Å². The van der Waals surface area contributed by atoms with E-state index in [9.17, 15) is 19.1 Å². The second-order valence-corrected chi connectivity index (χ2v) is 10.2. The van der Waals surface area contributed by atoms with E-state index in [0.717, 1.165) is 36.4 Å². The van der Waals surface area contributed by atoms with Gasteiger partial charge in [-0.2, -0.15) is 4.98 Å². The van der Waals surface area contributed by atoms with Crippen molar-refractivity contribution >= 4 is 23.6 Å². The molecule has 0 spiro atoms. The number of aromatic nitrogens is 3. The van der Waals surface area contributed by atoms with Crippen molar-refractivity contribution in [1.29, 1.82) is 0 Å². The van der Waals surface area contributed by atoms with Gasteiger partial charge in [0.2, 0.25) is 5.95 Å². The fourth-order valence-electron chi connectivity index (χ4n) is 3.94. The number of halogens is 3. The lowest BCUT2D eigenvalue weighted by atomic mass is 9.90. The Morgan fingerprint density at radius 2 is 1.88 bits per heavy atom. The summed E-state index contributed by atoms with van der Waals surface area (Å²) in [5.41, 5.74) is -1.85. The van der Waals surface area contributed by atoms with Crippen molar-refractivity contribution in [2.24, 2.45) is 0 Å². The molecule has 0 radical (unpaired) electrons. The summed E-state index contributed by atoms with van der Waals surface area (Å²) in [4.78, 5) is 31.5. The maximum atomic E-state index is 16.4. The highest BCUT2D eigenvalue weighted by atomic mass is 19.1. The van der Waals surface area contributed by atoms with Gasteiger partial charge in [-0.1, -0.05) is 24.3 Å². The van der Waals surface area contributed by atoms with E-state index in [1.54, 1.807) is 0 Å². The summed E-state index contributed by atoms with van der Waals surface area (Å²) < 4.78 is 100. The van der Waals surface area contributed by atoms with Gasteiger partial charge < -0.3 is 15.6 Å². The van der Waals surface area contributed by atoms with Crippen LogP contribution in [0.1, 0.15) is 57.3 Å². The molecular weight excluding hydrogens is 539 g/mol. The van der Waals surface area contributed by atoms with Crippen LogP contribution in [0.4, 0.5) is 23.9 Å². The standard InChI is InChI=1S/C29H30F3N5O4/c1-16-6-11-20(17-12-13-37-22(14-17)34-26(33)35-37)24(32)23(16)25(38)36(27(39)41-28(2,3)4)15-21(31)29(5,40)18-7-9-19(30)10-8-18/h6-14,21,40H,15H2,1-5H3,(H2,33,35)/i1D3,5D3. The Labute approximate surface area is 242 Å². The zero-order chi connectivity index (χ0) is 35.3. The number of hydrogen-bond donors (Lipinski definition) is 2. The molecule has 4 rings (SSSR count). The summed E-state index contributed by atoms with van der Waals surface area (Å²) in [6.07, 6.45) is -3.24. The summed E-state index contributed by atoms with van der Waals surface area (Å²) in [6.45, 7) is -4.07. The van der Waals surface area contributed by atoms with Crippen LogP contribution in [0.3, 0.4) is 0 Å². The molecule has 4 aromatic rings. The van der Waals surface area contributed by atoms with Crippen molar-refractivity contribution in [3.05, 3.63) is 83.1 Å². The van der Waals surface area contributed by atoms with Crippen LogP contribution in [0.2, 0.25) is 0 Å². The van der Waals surface area contributed by atoms with Crippen molar-refractivity contribution in [3.8, 4) is 11.1 Å². The minimum atomic E-state index is -3.55. The molecule has 2 aromatic heterocycles. The number of benzene rings is 2. The number of nitrogen functional groups attached to an aromatic ring is 1. The van der Waals surface area contributed by atoms with Crippen LogP contribution in [0.15, 0.2) is 54.7 Å². The monoisotopic (exact) mass is 575 g/mol. The molecule has 0 aliphatic carbocycles. The molecule has 41 heavy (non-hydrogen) atoms. The topological polar surface area (TPSA) is 123 Å². The molecule has 0 aliphatic heterocycles. The van der Waals surface area contributed by atoms with Gasteiger partial charge in [0, 0.05) is 20.0 Å². The SMILES string of the molecule is [2H]C([2H])([2H])c1ccc(-c2ccn3nc(N)nc3c2)c(F)c1C(=O)N(CC(F)C(O)(c1ccc(F)cc1)C([2H])([2H])[2H])C(=O)OC(C)(C)C. The molecule has 2 amide bonds. The van der Waals surface area contributed by atoms with E-state index in [1.165, 1.54) is 43.6 Å². The number of anilines is 1. The van der Waals surface area contributed by atoms with Crippen LogP contribution in [-0.2, 0) is 10.3 Å². The first-order valence-corrected chi connectivity index (χ1v) is 12.2. The van der Waals surface area contributed by atoms with Gasteiger partial charge in [-0.05, 0) is 75.4 Å². The maximum Gasteiger partial charge on any atom is 0.417 e. The van der Waals surface area contributed by atoms with Crippen molar-refractivity contribution in [2.75, 3.05) is 12.3 Å². The van der Waals surface area contributed by atoms with Crippen LogP contribution in [0.5, 0.6) is 0 Å². The zero-order valence-electron chi connectivity index (χ0n) is 28.2. The number of rotatable bonds is 6. The average molecular weight is 576 g/mol. The number of carbonyl (C=O) groups excluding carboxylic acids is 2. The fraction of sp³-hybridized carbons (Fsp3) is 0.310. The largest absolute Gasteiger partial charge is 0.443 e. The first kappa shape index (κ1) is 22.3. The molecule has 2 aromatic carbocycles. The number of imide groups is 1. The van der Waals surface area contributed by atoms with Gasteiger partial charge in [0.05, 0.1) is 12.1 Å². The Bertz CT molecular complexity index is 1830. The number of alkyl halides is 1. The van der Waals surface area contributed by atoms with Crippen molar-refractivity contribution in [1.82, 2.24) is 19.5 Å². The highest BCUT2D eigenvalue weighted by Gasteiger charge is 2.40. The molecule has 9 nitrogen and oxygen atoms in total. The van der Waals surface area contributed by atoms with Crippen LogP contribution >= 0.6 is 0 Å². The van der Waals surface area contributed by atoms with Gasteiger partial charge >= 0.3 is 6.09 Å². The van der Waals surface area contributed by atoms with E-state index >= 15 is 8.78 Å². The summed E-state index contributed by atoms with van der Waals surface area (Å²) >= 11 is 0. The average Bonchev–Trinajstić information content (AvgIpc) is 3.32. The fourth-order valence-corrected chi connectivity index (χ4v) is 3.94. The van der Waals surface area contributed by atoms with E-state index < -0.39 is 77.9 Å². The molecule has 0 saturated heterocycles. The number of nitrogens with zero attached hydrogens (tertiary/aromatic N) is 4. The lowest BCUT2D eigenvalue weighted by molar-refractivity contribution is -0.0389. The highest BCUT2D eigenvalue weighted by Crippen LogP contribution is 2.31. The first-order valence-electron chi connectivity index (χ1n) is 15.2. The summed E-state index contributed by atoms with van der Waals surface area (Å²) in [6, 6.07) is 7.87. The summed E-state index contributed by atoms with van der Waals surface area (Å²) in [5, 5.41) is 15.2. The van der Waals surface area contributed by atoms with Gasteiger partial charge in [0.15, 0.2) is 11.8 Å². The normalized spacial score (nSPS) is 16.8. The van der Waals surface area contributed by atoms with E-state index in [0.29, 0.717) is 0 Å². The second kappa shape index (κ2) is 10.8. The van der Waals surface area contributed by atoms with E-state index in [-0.39, 0.29) is 27.6 Å². The van der Waals surface area contributed by atoms with Gasteiger partial charge in [-0.15, -0.1) is 5.10 Å². The Morgan fingerprint density at radius 1 is 1.17 bits per heavy atom. The first-order chi connectivity index (χ1) is 21.5. The number of fused-ring (bicyclic) bond motifs is 1. The Hall–Kier alpha value is -4.45. The third-order valence-electron chi connectivity index (χ3n) is 5.96. The van der Waals surface area contributed by atoms with E-state index in [4.69, 9.17) is 18.7 Å². The number of hydrogen-bond acceptors (Lipinski definition) is 7. The third kappa shape index (κ3) is 6.17. The van der Waals surface area contributed by atoms with Crippen LogP contribution in [0, 0.1) is 18.5 Å². The highest BCUT2D eigenvalue weighted by molar-refractivity contribution is 6.05. The zero-order valence-corrected chi connectivity index (χ0v) is 22.2. The smallest absolute Gasteiger partial charge is 0.417 e. The molecule has 12 heteroatoms. The minimum absolute atomic E-state index is 0.0179. The van der Waals surface area contributed by atoms with Gasteiger partial charge in [-0.25, -0.2) is 27.4 Å². The Morgan fingerprint density at radius 3 is 2.51 bits per heavy atom. The number of aliphatic hydroxyl groups is 1. The molecular formula is C29H30F3N5O4. The van der Waals surface area contributed by atoms with E-state index in [1.807, 2.05) is 0 Å². The predicted molar refractivity (Wildman–Crippen MR) is 146 cm³/mol. The van der Waals surface area contributed by atoms with Crippen LogP contribution in [-0.4, -0.2) is 54.9 Å². The molecule has 2 atom stereocenters. The molecule has 2 heterocycles. The predicted octanol–water partition coefficient (Wildman–Crippen LogP) is 5.19. The van der Waals surface area contributed by atoms with Gasteiger partial charge in [0.1, 0.15) is 22.8 Å². The number of nitrogens with two attached hydrogens (primary N) is 1. The molecule has 0 bridgehead atoms. The molecule has 0 fully saturated rings. The lowest BCUT2D eigenvalue weighted by Gasteiger charge is -2.32. The third-order valence-corrected chi connectivity index (χ3v) is 5.96. The Kier molecular flexibility index (Phi) is 5.89.